The molecule has 1 heterocycles. The second-order valence-electron chi connectivity index (χ2n) is 2.65. The van der Waals surface area contributed by atoms with E-state index >= 15 is 0 Å². The highest BCUT2D eigenvalue weighted by Crippen LogP contribution is 2.04. The zero-order valence-electron chi connectivity index (χ0n) is 7.75. The maximum absolute atomic E-state index is 11.2. The first-order valence-corrected chi connectivity index (χ1v) is 4.47. The summed E-state index contributed by atoms with van der Waals surface area (Å²) in [7, 11) is 0. The maximum atomic E-state index is 11.2. The van der Waals surface area contributed by atoms with Gasteiger partial charge < -0.3 is 9.47 Å². The molecule has 0 aromatic heterocycles. The van der Waals surface area contributed by atoms with Crippen molar-refractivity contribution in [2.75, 3.05) is 26.4 Å². The highest BCUT2D eigenvalue weighted by Gasteiger charge is 2.25. The highest BCUT2D eigenvalue weighted by atomic mass is 16.7. The van der Waals surface area contributed by atoms with E-state index in [1.165, 1.54) is 0 Å². The first-order valence-electron chi connectivity index (χ1n) is 4.47. The van der Waals surface area contributed by atoms with E-state index in [-0.39, 0.29) is 5.97 Å². The second kappa shape index (κ2) is 5.90. The summed E-state index contributed by atoms with van der Waals surface area (Å²) in [6, 6.07) is 0. The van der Waals surface area contributed by atoms with Crippen molar-refractivity contribution in [3.05, 3.63) is 0 Å². The average Bonchev–Trinajstić information content (AvgIpc) is 2.65. The molecular formula is C8H15NO4. The van der Waals surface area contributed by atoms with Gasteiger partial charge in [0.1, 0.15) is 6.61 Å². The fraction of sp³-hybridized carbons (Fsp3) is 0.875. The van der Waals surface area contributed by atoms with Crippen LogP contribution in [0.3, 0.4) is 0 Å². The zero-order chi connectivity index (χ0) is 9.52. The van der Waals surface area contributed by atoms with Crippen LogP contribution in [-0.4, -0.2) is 38.4 Å². The molecule has 1 fully saturated rings. The lowest BCUT2D eigenvalue weighted by Crippen LogP contribution is -2.25. The van der Waals surface area contributed by atoms with Gasteiger partial charge in [-0.1, -0.05) is 0 Å². The molecule has 0 aromatic carbocycles. The van der Waals surface area contributed by atoms with Crippen molar-refractivity contribution in [2.45, 2.75) is 19.4 Å². The topological polar surface area (TPSA) is 56.8 Å². The van der Waals surface area contributed by atoms with Gasteiger partial charge in [-0.05, 0) is 6.92 Å². The molecule has 1 atom stereocenters. The second-order valence-corrected chi connectivity index (χ2v) is 2.65. The molecule has 0 bridgehead atoms. The van der Waals surface area contributed by atoms with E-state index < -0.39 is 6.10 Å². The summed E-state index contributed by atoms with van der Waals surface area (Å²) in [5, 5.41) is 0. The molecule has 0 aromatic rings. The Morgan fingerprint density at radius 2 is 2.46 bits per heavy atom. The van der Waals surface area contributed by atoms with Gasteiger partial charge in [-0.3, -0.25) is 4.84 Å². The molecule has 1 saturated heterocycles. The Balaban J connectivity index is 2.03. The van der Waals surface area contributed by atoms with E-state index in [2.05, 4.69) is 5.48 Å². The molecule has 76 valence electrons. The summed E-state index contributed by atoms with van der Waals surface area (Å²) >= 11 is 0. The predicted molar refractivity (Wildman–Crippen MR) is 44.9 cm³/mol. The van der Waals surface area contributed by atoms with Gasteiger partial charge in [0.15, 0.2) is 6.10 Å². The number of carbonyl (C=O) groups excluding carboxylic acids is 1. The summed E-state index contributed by atoms with van der Waals surface area (Å²) in [6.07, 6.45) is 0.231. The van der Waals surface area contributed by atoms with Crippen molar-refractivity contribution < 1.29 is 19.1 Å². The monoisotopic (exact) mass is 189 g/mol. The Labute approximate surface area is 77.3 Å². The van der Waals surface area contributed by atoms with Crippen LogP contribution in [0.1, 0.15) is 13.3 Å². The van der Waals surface area contributed by atoms with Crippen LogP contribution >= 0.6 is 0 Å². The quantitative estimate of drug-likeness (QED) is 0.482. The largest absolute Gasteiger partial charge is 0.461 e. The van der Waals surface area contributed by atoms with E-state index in [4.69, 9.17) is 14.3 Å². The van der Waals surface area contributed by atoms with Crippen LogP contribution < -0.4 is 5.48 Å². The Hall–Kier alpha value is -0.650. The smallest absolute Gasteiger partial charge is 0.337 e. The molecule has 1 unspecified atom stereocenters. The zero-order valence-corrected chi connectivity index (χ0v) is 7.75. The lowest BCUT2D eigenvalue weighted by Gasteiger charge is -2.08. The molecule has 1 N–H and O–H groups in total. The summed E-state index contributed by atoms with van der Waals surface area (Å²) in [5.41, 5.74) is 2.62. The molecule has 1 rings (SSSR count). The van der Waals surface area contributed by atoms with Crippen molar-refractivity contribution >= 4 is 5.97 Å². The fourth-order valence-corrected chi connectivity index (χ4v) is 1.01. The van der Waals surface area contributed by atoms with Crippen molar-refractivity contribution in [3.63, 3.8) is 0 Å². The normalized spacial score (nSPS) is 21.8. The van der Waals surface area contributed by atoms with Crippen LogP contribution in [0.4, 0.5) is 0 Å². The summed E-state index contributed by atoms with van der Waals surface area (Å²) in [5.74, 6) is -0.315. The van der Waals surface area contributed by atoms with E-state index in [1.807, 2.05) is 6.92 Å². The lowest BCUT2D eigenvalue weighted by atomic mass is 10.3. The molecule has 1 aliphatic rings. The van der Waals surface area contributed by atoms with Crippen LogP contribution in [0, 0.1) is 0 Å². The van der Waals surface area contributed by atoms with Gasteiger partial charge in [-0.25, -0.2) is 10.3 Å². The third kappa shape index (κ3) is 3.71. The number of ether oxygens (including phenoxy) is 2. The van der Waals surface area contributed by atoms with Gasteiger partial charge in [0, 0.05) is 19.6 Å². The SMILES string of the molecule is CCOCCOC(=O)C1CCNO1. The van der Waals surface area contributed by atoms with E-state index in [0.29, 0.717) is 32.8 Å². The summed E-state index contributed by atoms with van der Waals surface area (Å²) in [6.45, 7) is 3.98. The number of esters is 1. The van der Waals surface area contributed by atoms with Crippen molar-refractivity contribution in [3.8, 4) is 0 Å². The molecule has 0 aliphatic carbocycles. The van der Waals surface area contributed by atoms with Crippen molar-refractivity contribution in [2.24, 2.45) is 0 Å². The minimum atomic E-state index is -0.443. The molecule has 0 radical (unpaired) electrons. The molecule has 0 spiro atoms. The minimum absolute atomic E-state index is 0.298. The maximum Gasteiger partial charge on any atom is 0.337 e. The Bertz CT molecular complexity index is 156. The minimum Gasteiger partial charge on any atom is -0.461 e. The summed E-state index contributed by atoms with van der Waals surface area (Å²) < 4.78 is 9.91. The van der Waals surface area contributed by atoms with Gasteiger partial charge >= 0.3 is 5.97 Å². The van der Waals surface area contributed by atoms with Gasteiger partial charge in [-0.2, -0.15) is 0 Å². The average molecular weight is 189 g/mol. The Morgan fingerprint density at radius 1 is 1.62 bits per heavy atom. The molecule has 1 aliphatic heterocycles. The predicted octanol–water partition coefficient (Wildman–Crippen LogP) is -0.140. The van der Waals surface area contributed by atoms with Gasteiger partial charge in [-0.15, -0.1) is 0 Å². The third-order valence-electron chi connectivity index (χ3n) is 1.67. The summed E-state index contributed by atoms with van der Waals surface area (Å²) in [4.78, 5) is 16.1. The van der Waals surface area contributed by atoms with Crippen LogP contribution in [0.15, 0.2) is 0 Å². The number of hydroxylamine groups is 1. The molecule has 0 amide bonds. The number of rotatable bonds is 5. The number of hydrogen-bond donors (Lipinski definition) is 1. The lowest BCUT2D eigenvalue weighted by molar-refractivity contribution is -0.158. The van der Waals surface area contributed by atoms with Crippen LogP contribution in [0.2, 0.25) is 0 Å². The van der Waals surface area contributed by atoms with E-state index in [9.17, 15) is 4.79 Å². The fourth-order valence-electron chi connectivity index (χ4n) is 1.01. The third-order valence-corrected chi connectivity index (χ3v) is 1.67. The van der Waals surface area contributed by atoms with Crippen LogP contribution in [0.5, 0.6) is 0 Å². The van der Waals surface area contributed by atoms with Crippen LogP contribution in [0.25, 0.3) is 0 Å². The Morgan fingerprint density at radius 3 is 3.08 bits per heavy atom. The van der Waals surface area contributed by atoms with E-state index in [1.54, 1.807) is 0 Å². The van der Waals surface area contributed by atoms with Gasteiger partial charge in [0.05, 0.1) is 6.61 Å². The first kappa shape index (κ1) is 10.4. The molecule has 13 heavy (non-hydrogen) atoms. The van der Waals surface area contributed by atoms with E-state index in [0.717, 1.165) is 0 Å². The molecule has 0 saturated carbocycles. The number of carbonyl (C=O) groups is 1. The highest BCUT2D eigenvalue weighted by molar-refractivity contribution is 5.74. The van der Waals surface area contributed by atoms with Crippen molar-refractivity contribution in [1.82, 2.24) is 5.48 Å². The van der Waals surface area contributed by atoms with Gasteiger partial charge in [0.2, 0.25) is 0 Å². The van der Waals surface area contributed by atoms with Gasteiger partial charge in [0.25, 0.3) is 0 Å². The Kier molecular flexibility index (Phi) is 4.74. The first-order chi connectivity index (χ1) is 6.34. The molecule has 5 heteroatoms. The van der Waals surface area contributed by atoms with Crippen LogP contribution in [-0.2, 0) is 19.1 Å². The molecule has 5 nitrogen and oxygen atoms in total. The van der Waals surface area contributed by atoms with Crippen molar-refractivity contribution in [1.29, 1.82) is 0 Å². The number of nitrogens with one attached hydrogen (secondary N) is 1. The standard InChI is InChI=1S/C8H15NO4/c1-2-11-5-6-12-8(10)7-3-4-9-13-7/h7,9H,2-6H2,1H3. The number of hydrogen-bond acceptors (Lipinski definition) is 5. The molecular weight excluding hydrogens is 174 g/mol.